The highest BCUT2D eigenvalue weighted by Gasteiger charge is 2.45. The Labute approximate surface area is 93.0 Å². The van der Waals surface area contributed by atoms with Gasteiger partial charge in [-0.2, -0.15) is 0 Å². The number of nitrogens with zero attached hydrogens (tertiary/aromatic N) is 1. The van der Waals surface area contributed by atoms with Crippen molar-refractivity contribution in [1.29, 1.82) is 0 Å². The van der Waals surface area contributed by atoms with Crippen LogP contribution in [-0.4, -0.2) is 23.9 Å². The van der Waals surface area contributed by atoms with Crippen LogP contribution >= 0.6 is 0 Å². The molecule has 0 atom stereocenters. The molecule has 2 fully saturated rings. The number of likely N-dealkylation sites (tertiary alicyclic amines) is 1. The van der Waals surface area contributed by atoms with Crippen molar-refractivity contribution in [2.75, 3.05) is 13.1 Å². The summed E-state index contributed by atoms with van der Waals surface area (Å²) in [4.78, 5) is 13.2. The predicted molar refractivity (Wildman–Crippen MR) is 61.6 cm³/mol. The van der Waals surface area contributed by atoms with E-state index in [2.05, 4.69) is 6.92 Å². The van der Waals surface area contributed by atoms with Gasteiger partial charge in [0.2, 0.25) is 5.91 Å². The van der Waals surface area contributed by atoms with Gasteiger partial charge >= 0.3 is 0 Å². The Balaban J connectivity index is 1.77. The lowest BCUT2D eigenvalue weighted by molar-refractivity contribution is -0.133. The standard InChI is InChI=1S/C13H23NO/c1-3-4-12-9-13(10-12)5-7-14(8-6-13)11(2)15/h12H,3-10H2,1-2H3. The molecule has 2 aliphatic rings. The van der Waals surface area contributed by atoms with Crippen LogP contribution in [0.1, 0.15) is 52.4 Å². The Morgan fingerprint density at radius 3 is 2.40 bits per heavy atom. The molecule has 0 radical (unpaired) electrons. The van der Waals surface area contributed by atoms with Crippen LogP contribution in [0.15, 0.2) is 0 Å². The maximum Gasteiger partial charge on any atom is 0.219 e. The molecular weight excluding hydrogens is 186 g/mol. The van der Waals surface area contributed by atoms with E-state index in [1.807, 2.05) is 4.90 Å². The minimum absolute atomic E-state index is 0.259. The third-order valence-electron chi connectivity index (χ3n) is 4.41. The van der Waals surface area contributed by atoms with Crippen molar-refractivity contribution >= 4 is 5.91 Å². The number of rotatable bonds is 2. The molecule has 0 aromatic heterocycles. The fraction of sp³-hybridized carbons (Fsp3) is 0.923. The van der Waals surface area contributed by atoms with Gasteiger partial charge in [0, 0.05) is 20.0 Å². The average Bonchev–Trinajstić information content (AvgIpc) is 2.16. The molecular formula is C13H23NO. The lowest BCUT2D eigenvalue weighted by atomic mass is 9.56. The molecule has 0 aromatic rings. The molecule has 0 aromatic carbocycles. The molecule has 15 heavy (non-hydrogen) atoms. The summed E-state index contributed by atoms with van der Waals surface area (Å²) in [6.45, 7) is 5.99. The van der Waals surface area contributed by atoms with Gasteiger partial charge in [-0.05, 0) is 37.0 Å². The number of carbonyl (C=O) groups excluding carboxylic acids is 1. The molecule has 2 heteroatoms. The van der Waals surface area contributed by atoms with Crippen molar-refractivity contribution in [3.8, 4) is 0 Å². The van der Waals surface area contributed by atoms with Gasteiger partial charge in [0.15, 0.2) is 0 Å². The van der Waals surface area contributed by atoms with Crippen molar-refractivity contribution in [3.05, 3.63) is 0 Å². The first-order valence-corrected chi connectivity index (χ1v) is 6.41. The molecule has 1 amide bonds. The first-order valence-electron chi connectivity index (χ1n) is 6.41. The van der Waals surface area contributed by atoms with Crippen LogP contribution in [0.25, 0.3) is 0 Å². The molecule has 1 aliphatic carbocycles. The van der Waals surface area contributed by atoms with E-state index in [-0.39, 0.29) is 5.91 Å². The van der Waals surface area contributed by atoms with E-state index < -0.39 is 0 Å². The fourth-order valence-corrected chi connectivity index (χ4v) is 3.48. The summed E-state index contributed by atoms with van der Waals surface area (Å²) in [5.74, 6) is 1.26. The number of carbonyl (C=O) groups is 1. The van der Waals surface area contributed by atoms with Gasteiger partial charge in [0.05, 0.1) is 0 Å². The summed E-state index contributed by atoms with van der Waals surface area (Å²) in [5, 5.41) is 0. The molecule has 2 nitrogen and oxygen atoms in total. The molecule has 1 saturated heterocycles. The summed E-state index contributed by atoms with van der Waals surface area (Å²) < 4.78 is 0. The molecule has 86 valence electrons. The number of amides is 1. The van der Waals surface area contributed by atoms with Gasteiger partial charge in [0.1, 0.15) is 0 Å². The lowest BCUT2D eigenvalue weighted by Crippen LogP contribution is -2.48. The van der Waals surface area contributed by atoms with E-state index in [1.54, 1.807) is 6.92 Å². The summed E-state index contributed by atoms with van der Waals surface area (Å²) in [6.07, 6.45) is 8.14. The van der Waals surface area contributed by atoms with Gasteiger partial charge in [0.25, 0.3) is 0 Å². The van der Waals surface area contributed by atoms with Crippen LogP contribution < -0.4 is 0 Å². The van der Waals surface area contributed by atoms with E-state index in [4.69, 9.17) is 0 Å². The van der Waals surface area contributed by atoms with Crippen LogP contribution in [-0.2, 0) is 4.79 Å². The number of piperidine rings is 1. The Bertz CT molecular complexity index is 233. The quantitative estimate of drug-likeness (QED) is 0.685. The second-order valence-electron chi connectivity index (χ2n) is 5.57. The molecule has 1 aliphatic heterocycles. The Morgan fingerprint density at radius 1 is 1.33 bits per heavy atom. The zero-order valence-corrected chi connectivity index (χ0v) is 10.1. The third kappa shape index (κ3) is 2.19. The minimum Gasteiger partial charge on any atom is -0.343 e. The molecule has 0 bridgehead atoms. The SMILES string of the molecule is CCCC1CC2(CCN(C(C)=O)CC2)C1. The maximum absolute atomic E-state index is 11.2. The first-order chi connectivity index (χ1) is 7.15. The number of hydrogen-bond donors (Lipinski definition) is 0. The predicted octanol–water partition coefficient (Wildman–Crippen LogP) is 2.83. The van der Waals surface area contributed by atoms with Crippen molar-refractivity contribution in [1.82, 2.24) is 4.90 Å². The normalized spacial score (nSPS) is 25.3. The van der Waals surface area contributed by atoms with E-state index in [9.17, 15) is 4.79 Å². The van der Waals surface area contributed by atoms with Crippen LogP contribution in [0.5, 0.6) is 0 Å². The summed E-state index contributed by atoms with van der Waals surface area (Å²) >= 11 is 0. The zero-order valence-electron chi connectivity index (χ0n) is 10.1. The van der Waals surface area contributed by atoms with Crippen LogP contribution in [0.3, 0.4) is 0 Å². The van der Waals surface area contributed by atoms with Crippen molar-refractivity contribution in [2.24, 2.45) is 11.3 Å². The Kier molecular flexibility index (Phi) is 3.03. The lowest BCUT2D eigenvalue weighted by Gasteiger charge is -2.52. The first kappa shape index (κ1) is 11.0. The smallest absolute Gasteiger partial charge is 0.219 e. The van der Waals surface area contributed by atoms with Gasteiger partial charge in [-0.3, -0.25) is 4.79 Å². The Hall–Kier alpha value is -0.530. The van der Waals surface area contributed by atoms with Crippen molar-refractivity contribution in [2.45, 2.75) is 52.4 Å². The molecule has 1 spiro atoms. The topological polar surface area (TPSA) is 20.3 Å². The van der Waals surface area contributed by atoms with Crippen LogP contribution in [0.4, 0.5) is 0 Å². The van der Waals surface area contributed by atoms with Crippen LogP contribution in [0.2, 0.25) is 0 Å². The van der Waals surface area contributed by atoms with E-state index in [0.29, 0.717) is 5.41 Å². The average molecular weight is 209 g/mol. The Morgan fingerprint density at radius 2 is 1.93 bits per heavy atom. The highest BCUT2D eigenvalue weighted by Crippen LogP contribution is 2.53. The minimum atomic E-state index is 0.259. The van der Waals surface area contributed by atoms with E-state index in [0.717, 1.165) is 19.0 Å². The van der Waals surface area contributed by atoms with E-state index >= 15 is 0 Å². The summed E-state index contributed by atoms with van der Waals surface area (Å²) in [6, 6.07) is 0. The third-order valence-corrected chi connectivity index (χ3v) is 4.41. The highest BCUT2D eigenvalue weighted by molar-refractivity contribution is 5.73. The van der Waals surface area contributed by atoms with Crippen molar-refractivity contribution in [3.63, 3.8) is 0 Å². The molecule has 2 rings (SSSR count). The second-order valence-corrected chi connectivity index (χ2v) is 5.57. The van der Waals surface area contributed by atoms with Crippen LogP contribution in [0, 0.1) is 11.3 Å². The van der Waals surface area contributed by atoms with Gasteiger partial charge in [-0.15, -0.1) is 0 Å². The summed E-state index contributed by atoms with van der Waals surface area (Å²) in [7, 11) is 0. The van der Waals surface area contributed by atoms with Gasteiger partial charge in [-0.25, -0.2) is 0 Å². The zero-order chi connectivity index (χ0) is 10.9. The molecule has 0 unspecified atom stereocenters. The molecule has 0 N–H and O–H groups in total. The monoisotopic (exact) mass is 209 g/mol. The van der Waals surface area contributed by atoms with Crippen molar-refractivity contribution < 1.29 is 4.79 Å². The number of hydrogen-bond acceptors (Lipinski definition) is 1. The molecule has 1 heterocycles. The highest BCUT2D eigenvalue weighted by atomic mass is 16.2. The van der Waals surface area contributed by atoms with Gasteiger partial charge in [-0.1, -0.05) is 19.8 Å². The summed E-state index contributed by atoms with van der Waals surface area (Å²) in [5.41, 5.74) is 0.645. The van der Waals surface area contributed by atoms with Gasteiger partial charge < -0.3 is 4.90 Å². The molecule has 1 saturated carbocycles. The fourth-order valence-electron chi connectivity index (χ4n) is 3.48. The van der Waals surface area contributed by atoms with E-state index in [1.165, 1.54) is 38.5 Å². The second kappa shape index (κ2) is 4.15. The largest absolute Gasteiger partial charge is 0.343 e. The maximum atomic E-state index is 11.2.